The summed E-state index contributed by atoms with van der Waals surface area (Å²) in [6.07, 6.45) is 0. The fourth-order valence-corrected chi connectivity index (χ4v) is 2.17. The molecule has 0 bridgehead atoms. The Hall–Kier alpha value is -2.40. The smallest absolute Gasteiger partial charge is 0.243 e. The number of fused-ring (bicyclic) bond motifs is 1. The summed E-state index contributed by atoms with van der Waals surface area (Å²) in [6.45, 7) is 1.96. The van der Waals surface area contributed by atoms with E-state index in [1.807, 2.05) is 55.5 Å². The summed E-state index contributed by atoms with van der Waals surface area (Å²) in [6, 6.07) is 15.4. The monoisotopic (exact) mass is 268 g/mol. The SMILES string of the molecule is Cc1cccc2nc(NC(CO)c3ccccc3)nn12. The number of pyridine rings is 1. The van der Waals surface area contributed by atoms with Crippen molar-refractivity contribution in [1.29, 1.82) is 0 Å². The van der Waals surface area contributed by atoms with Crippen molar-refractivity contribution in [2.45, 2.75) is 13.0 Å². The molecule has 1 atom stereocenters. The number of hydrogen-bond acceptors (Lipinski definition) is 4. The summed E-state index contributed by atoms with van der Waals surface area (Å²) in [5.74, 6) is 0.516. The van der Waals surface area contributed by atoms with E-state index in [1.54, 1.807) is 4.52 Å². The van der Waals surface area contributed by atoms with Crippen LogP contribution in [0.3, 0.4) is 0 Å². The molecule has 2 N–H and O–H groups in total. The number of anilines is 1. The van der Waals surface area contributed by atoms with Crippen molar-refractivity contribution >= 4 is 11.6 Å². The van der Waals surface area contributed by atoms with Gasteiger partial charge in [-0.25, -0.2) is 4.52 Å². The Morgan fingerprint density at radius 1 is 1.15 bits per heavy atom. The second-order valence-corrected chi connectivity index (χ2v) is 4.66. The zero-order chi connectivity index (χ0) is 13.9. The summed E-state index contributed by atoms with van der Waals surface area (Å²) in [4.78, 5) is 4.42. The summed E-state index contributed by atoms with van der Waals surface area (Å²) < 4.78 is 1.78. The van der Waals surface area contributed by atoms with Gasteiger partial charge in [0.15, 0.2) is 5.65 Å². The molecule has 0 aliphatic carbocycles. The Kier molecular flexibility index (Phi) is 3.35. The molecule has 3 rings (SSSR count). The molecule has 2 heterocycles. The summed E-state index contributed by atoms with van der Waals surface area (Å²) >= 11 is 0. The molecule has 5 heteroatoms. The molecule has 3 aromatic rings. The van der Waals surface area contributed by atoms with Crippen molar-refractivity contribution in [3.8, 4) is 0 Å². The summed E-state index contributed by atoms with van der Waals surface area (Å²) in [5.41, 5.74) is 2.81. The summed E-state index contributed by atoms with van der Waals surface area (Å²) in [7, 11) is 0. The van der Waals surface area contributed by atoms with Gasteiger partial charge in [0.25, 0.3) is 0 Å². The van der Waals surface area contributed by atoms with Gasteiger partial charge < -0.3 is 10.4 Å². The van der Waals surface area contributed by atoms with Crippen molar-refractivity contribution < 1.29 is 5.11 Å². The van der Waals surface area contributed by atoms with Gasteiger partial charge in [0.05, 0.1) is 12.6 Å². The van der Waals surface area contributed by atoms with Crippen molar-refractivity contribution in [3.63, 3.8) is 0 Å². The number of aromatic nitrogens is 3. The van der Waals surface area contributed by atoms with E-state index in [0.717, 1.165) is 16.9 Å². The Labute approximate surface area is 116 Å². The van der Waals surface area contributed by atoms with E-state index in [0.29, 0.717) is 5.95 Å². The average Bonchev–Trinajstić information content (AvgIpc) is 2.90. The molecule has 5 nitrogen and oxygen atoms in total. The minimum atomic E-state index is -0.214. The molecule has 1 aromatic carbocycles. The number of nitrogens with one attached hydrogen (secondary N) is 1. The maximum Gasteiger partial charge on any atom is 0.243 e. The van der Waals surface area contributed by atoms with Crippen LogP contribution in [-0.4, -0.2) is 26.3 Å². The van der Waals surface area contributed by atoms with E-state index in [-0.39, 0.29) is 12.6 Å². The normalized spacial score (nSPS) is 12.5. The van der Waals surface area contributed by atoms with Gasteiger partial charge in [0.2, 0.25) is 5.95 Å². The molecule has 102 valence electrons. The number of aliphatic hydroxyl groups excluding tert-OH is 1. The lowest BCUT2D eigenvalue weighted by Crippen LogP contribution is -2.15. The van der Waals surface area contributed by atoms with Gasteiger partial charge in [-0.2, -0.15) is 4.98 Å². The van der Waals surface area contributed by atoms with Gasteiger partial charge >= 0.3 is 0 Å². The van der Waals surface area contributed by atoms with Crippen LogP contribution in [0.1, 0.15) is 17.3 Å². The van der Waals surface area contributed by atoms with Crippen LogP contribution in [0, 0.1) is 6.92 Å². The van der Waals surface area contributed by atoms with Crippen molar-refractivity contribution in [1.82, 2.24) is 14.6 Å². The largest absolute Gasteiger partial charge is 0.394 e. The number of hydrogen-bond donors (Lipinski definition) is 2. The maximum atomic E-state index is 9.55. The van der Waals surface area contributed by atoms with E-state index < -0.39 is 0 Å². The molecule has 2 aromatic heterocycles. The fourth-order valence-electron chi connectivity index (χ4n) is 2.17. The first kappa shape index (κ1) is 12.6. The molecule has 0 aliphatic heterocycles. The zero-order valence-corrected chi connectivity index (χ0v) is 11.2. The minimum absolute atomic E-state index is 0.0153. The lowest BCUT2D eigenvalue weighted by molar-refractivity contribution is 0.276. The van der Waals surface area contributed by atoms with Gasteiger partial charge in [-0.05, 0) is 24.6 Å². The van der Waals surface area contributed by atoms with Crippen LogP contribution in [0.25, 0.3) is 5.65 Å². The van der Waals surface area contributed by atoms with Crippen molar-refractivity contribution in [2.24, 2.45) is 0 Å². The van der Waals surface area contributed by atoms with Crippen LogP contribution in [-0.2, 0) is 0 Å². The van der Waals surface area contributed by atoms with Gasteiger partial charge in [0.1, 0.15) is 0 Å². The standard InChI is InChI=1S/C15H16N4O/c1-11-6-5-9-14-17-15(18-19(11)14)16-13(10-20)12-7-3-2-4-8-12/h2-9,13,20H,10H2,1H3,(H,16,18). The molecular formula is C15H16N4O. The number of aryl methyl sites for hydroxylation is 1. The van der Waals surface area contributed by atoms with Crippen LogP contribution in [0.2, 0.25) is 0 Å². The van der Waals surface area contributed by atoms with Gasteiger partial charge in [-0.15, -0.1) is 5.10 Å². The molecule has 20 heavy (non-hydrogen) atoms. The zero-order valence-electron chi connectivity index (χ0n) is 11.2. The first-order chi connectivity index (χ1) is 9.78. The number of benzene rings is 1. The van der Waals surface area contributed by atoms with Crippen LogP contribution >= 0.6 is 0 Å². The Morgan fingerprint density at radius 3 is 2.65 bits per heavy atom. The van der Waals surface area contributed by atoms with Crippen LogP contribution < -0.4 is 5.32 Å². The van der Waals surface area contributed by atoms with Crippen LogP contribution in [0.5, 0.6) is 0 Å². The number of nitrogens with zero attached hydrogens (tertiary/aromatic N) is 3. The third kappa shape index (κ3) is 2.35. The average molecular weight is 268 g/mol. The third-order valence-electron chi connectivity index (χ3n) is 3.24. The third-order valence-corrected chi connectivity index (χ3v) is 3.24. The number of rotatable bonds is 4. The Bertz CT molecular complexity index is 708. The number of aliphatic hydroxyl groups is 1. The maximum absolute atomic E-state index is 9.55. The fraction of sp³-hybridized carbons (Fsp3) is 0.200. The first-order valence-corrected chi connectivity index (χ1v) is 6.52. The van der Waals surface area contributed by atoms with E-state index >= 15 is 0 Å². The predicted molar refractivity (Wildman–Crippen MR) is 77.6 cm³/mol. The van der Waals surface area contributed by atoms with E-state index in [4.69, 9.17) is 0 Å². The highest BCUT2D eigenvalue weighted by Gasteiger charge is 2.13. The quantitative estimate of drug-likeness (QED) is 0.761. The molecule has 0 radical (unpaired) electrons. The second kappa shape index (κ2) is 5.30. The second-order valence-electron chi connectivity index (χ2n) is 4.66. The lowest BCUT2D eigenvalue weighted by Gasteiger charge is -2.14. The molecule has 0 aliphatic rings. The highest BCUT2D eigenvalue weighted by atomic mass is 16.3. The van der Waals surface area contributed by atoms with Gasteiger partial charge in [-0.1, -0.05) is 36.4 Å². The lowest BCUT2D eigenvalue weighted by atomic mass is 10.1. The molecule has 0 saturated carbocycles. The molecular weight excluding hydrogens is 252 g/mol. The van der Waals surface area contributed by atoms with Gasteiger partial charge in [-0.3, -0.25) is 0 Å². The van der Waals surface area contributed by atoms with Gasteiger partial charge in [0, 0.05) is 5.69 Å². The molecule has 0 spiro atoms. The molecule has 1 unspecified atom stereocenters. The Balaban J connectivity index is 1.90. The first-order valence-electron chi connectivity index (χ1n) is 6.52. The molecule has 0 fully saturated rings. The predicted octanol–water partition coefficient (Wildman–Crippen LogP) is 2.18. The Morgan fingerprint density at radius 2 is 1.95 bits per heavy atom. The summed E-state index contributed by atoms with van der Waals surface area (Å²) in [5, 5.41) is 17.1. The highest BCUT2D eigenvalue weighted by molar-refractivity contribution is 5.45. The van der Waals surface area contributed by atoms with Crippen molar-refractivity contribution in [3.05, 3.63) is 59.8 Å². The van der Waals surface area contributed by atoms with Crippen LogP contribution in [0.4, 0.5) is 5.95 Å². The van der Waals surface area contributed by atoms with Crippen LogP contribution in [0.15, 0.2) is 48.5 Å². The molecule has 0 amide bonds. The van der Waals surface area contributed by atoms with Crippen molar-refractivity contribution in [2.75, 3.05) is 11.9 Å². The minimum Gasteiger partial charge on any atom is -0.394 e. The highest BCUT2D eigenvalue weighted by Crippen LogP contribution is 2.17. The van der Waals surface area contributed by atoms with E-state index in [2.05, 4.69) is 15.4 Å². The topological polar surface area (TPSA) is 62.5 Å². The van der Waals surface area contributed by atoms with E-state index in [9.17, 15) is 5.11 Å². The van der Waals surface area contributed by atoms with E-state index in [1.165, 1.54) is 0 Å². The molecule has 0 saturated heterocycles.